The summed E-state index contributed by atoms with van der Waals surface area (Å²) in [5, 5.41) is 16.0. The Kier molecular flexibility index (Phi) is 4.31. The number of aromatic nitrogens is 1. The minimum absolute atomic E-state index is 0.0150. The Hall–Kier alpha value is -1.70. The van der Waals surface area contributed by atoms with Crippen LogP contribution >= 0.6 is 22.9 Å². The normalized spacial score (nSPS) is 10.6. The van der Waals surface area contributed by atoms with Gasteiger partial charge in [0.25, 0.3) is 5.69 Å². The number of rotatable bonds is 5. The summed E-state index contributed by atoms with van der Waals surface area (Å²) in [4.78, 5) is 23.9. The Bertz CT molecular complexity index is 653. The highest BCUT2D eigenvalue weighted by Gasteiger charge is 2.13. The minimum atomic E-state index is -0.463. The summed E-state index contributed by atoms with van der Waals surface area (Å²) in [6, 6.07) is 4.55. The van der Waals surface area contributed by atoms with E-state index in [1.165, 1.54) is 6.07 Å². The van der Waals surface area contributed by atoms with Crippen LogP contribution in [0.3, 0.4) is 0 Å². The smallest absolute Gasteiger partial charge is 0.304 e. The first-order valence-corrected chi connectivity index (χ1v) is 6.62. The average molecular weight is 300 g/mol. The Balaban J connectivity index is 2.03. The molecule has 6 nitrogen and oxygen atoms in total. The van der Waals surface area contributed by atoms with Crippen molar-refractivity contribution in [2.75, 3.05) is 0 Å². The molecule has 0 radical (unpaired) electrons. The fourth-order valence-electron chi connectivity index (χ4n) is 1.59. The number of benzene rings is 1. The van der Waals surface area contributed by atoms with Crippen molar-refractivity contribution in [1.82, 2.24) is 10.3 Å². The monoisotopic (exact) mass is 299 g/mol. The number of hydrogen-bond donors (Lipinski definition) is 2. The molecule has 0 atom stereocenters. The van der Waals surface area contributed by atoms with Crippen LogP contribution in [0.4, 0.5) is 5.69 Å². The number of H-pyrrole nitrogens is 1. The van der Waals surface area contributed by atoms with Gasteiger partial charge in [-0.3, -0.25) is 14.9 Å². The van der Waals surface area contributed by atoms with E-state index in [4.69, 9.17) is 11.6 Å². The van der Waals surface area contributed by atoms with Crippen molar-refractivity contribution in [3.8, 4) is 0 Å². The number of halogens is 1. The van der Waals surface area contributed by atoms with E-state index in [-0.39, 0.29) is 10.6 Å². The van der Waals surface area contributed by atoms with Crippen LogP contribution < -0.4 is 10.2 Å². The van der Waals surface area contributed by atoms with Gasteiger partial charge in [-0.15, -0.1) is 0 Å². The number of hydrogen-bond acceptors (Lipinski definition) is 5. The number of nitro groups is 1. The highest BCUT2D eigenvalue weighted by Crippen LogP contribution is 2.23. The van der Waals surface area contributed by atoms with Crippen LogP contribution in [0.5, 0.6) is 0 Å². The Morgan fingerprint density at radius 2 is 2.21 bits per heavy atom. The predicted octanol–water partition coefficient (Wildman–Crippen LogP) is 2.29. The van der Waals surface area contributed by atoms with Crippen LogP contribution in [-0.2, 0) is 13.1 Å². The Labute approximate surface area is 117 Å². The first-order chi connectivity index (χ1) is 9.06. The molecule has 100 valence electrons. The van der Waals surface area contributed by atoms with Gasteiger partial charge in [-0.05, 0) is 12.1 Å². The lowest BCUT2D eigenvalue weighted by Gasteiger charge is -2.05. The zero-order valence-electron chi connectivity index (χ0n) is 9.68. The maximum Gasteiger partial charge on any atom is 0.304 e. The third-order valence-corrected chi connectivity index (χ3v) is 3.40. The second kappa shape index (κ2) is 5.96. The van der Waals surface area contributed by atoms with E-state index in [1.807, 2.05) is 0 Å². The van der Waals surface area contributed by atoms with Crippen LogP contribution in [0.2, 0.25) is 5.02 Å². The summed E-state index contributed by atoms with van der Waals surface area (Å²) in [6.45, 7) is 0.768. The van der Waals surface area contributed by atoms with Gasteiger partial charge in [-0.2, -0.15) is 0 Å². The Morgan fingerprint density at radius 1 is 1.42 bits per heavy atom. The quantitative estimate of drug-likeness (QED) is 0.655. The fourth-order valence-corrected chi connectivity index (χ4v) is 2.34. The zero-order valence-corrected chi connectivity index (χ0v) is 11.3. The van der Waals surface area contributed by atoms with Gasteiger partial charge < -0.3 is 10.3 Å². The maximum atomic E-state index is 10.9. The third kappa shape index (κ3) is 3.63. The molecule has 0 aliphatic rings. The van der Waals surface area contributed by atoms with Crippen molar-refractivity contribution in [1.29, 1.82) is 0 Å². The van der Waals surface area contributed by atoms with Crippen molar-refractivity contribution >= 4 is 28.6 Å². The number of nitrogens with zero attached hydrogens (tertiary/aromatic N) is 1. The van der Waals surface area contributed by atoms with Gasteiger partial charge in [-0.1, -0.05) is 22.9 Å². The molecule has 0 unspecified atom stereocenters. The van der Waals surface area contributed by atoms with Crippen LogP contribution in [-0.4, -0.2) is 9.91 Å². The van der Waals surface area contributed by atoms with Crippen molar-refractivity contribution < 1.29 is 4.92 Å². The molecule has 1 aromatic carbocycles. The molecule has 2 aromatic rings. The van der Waals surface area contributed by atoms with Crippen molar-refractivity contribution in [3.63, 3.8) is 0 Å². The zero-order chi connectivity index (χ0) is 13.8. The summed E-state index contributed by atoms with van der Waals surface area (Å²) in [7, 11) is 0. The van der Waals surface area contributed by atoms with Crippen LogP contribution in [0.25, 0.3) is 0 Å². The number of nitrogens with one attached hydrogen (secondary N) is 2. The van der Waals surface area contributed by atoms with Gasteiger partial charge in [-0.25, -0.2) is 0 Å². The molecule has 19 heavy (non-hydrogen) atoms. The van der Waals surface area contributed by atoms with Crippen LogP contribution in [0.1, 0.15) is 11.3 Å². The van der Waals surface area contributed by atoms with Gasteiger partial charge in [0.2, 0.25) is 0 Å². The standard InChI is InChI=1S/C11H10ClN3O3S/c12-8-2-1-7(10(3-8)15(17)18)4-13-5-9-6-19-11(16)14-9/h1-3,6,13H,4-5H2,(H,14,16). The van der Waals surface area contributed by atoms with E-state index in [0.717, 1.165) is 17.0 Å². The second-order valence-electron chi connectivity index (χ2n) is 3.81. The van der Waals surface area contributed by atoms with Gasteiger partial charge in [0.1, 0.15) is 0 Å². The topological polar surface area (TPSA) is 88.0 Å². The molecular formula is C11H10ClN3O3S. The molecule has 0 amide bonds. The lowest BCUT2D eigenvalue weighted by molar-refractivity contribution is -0.385. The van der Waals surface area contributed by atoms with Crippen LogP contribution in [0.15, 0.2) is 28.4 Å². The predicted molar refractivity (Wildman–Crippen MR) is 73.6 cm³/mol. The van der Waals surface area contributed by atoms with Crippen molar-refractivity contribution in [2.24, 2.45) is 0 Å². The number of aromatic amines is 1. The molecule has 1 heterocycles. The van der Waals surface area contributed by atoms with Gasteiger partial charge in [0.05, 0.1) is 4.92 Å². The molecule has 0 aliphatic heterocycles. The molecule has 0 bridgehead atoms. The average Bonchev–Trinajstić information content (AvgIpc) is 2.77. The minimum Gasteiger partial charge on any atom is -0.315 e. The summed E-state index contributed by atoms with van der Waals surface area (Å²) in [5.41, 5.74) is 1.29. The third-order valence-electron chi connectivity index (χ3n) is 2.45. The first-order valence-electron chi connectivity index (χ1n) is 5.36. The SMILES string of the molecule is O=c1[nH]c(CNCc2ccc(Cl)cc2[N+](=O)[O-])cs1. The molecule has 0 spiro atoms. The van der Waals surface area contributed by atoms with Crippen molar-refractivity contribution in [2.45, 2.75) is 13.1 Å². The lowest BCUT2D eigenvalue weighted by atomic mass is 10.2. The Morgan fingerprint density at radius 3 is 2.84 bits per heavy atom. The molecular weight excluding hydrogens is 290 g/mol. The fraction of sp³-hybridized carbons (Fsp3) is 0.182. The lowest BCUT2D eigenvalue weighted by Crippen LogP contribution is -2.14. The van der Waals surface area contributed by atoms with Gasteiger partial charge >= 0.3 is 4.87 Å². The number of nitro benzene ring substituents is 1. The highest BCUT2D eigenvalue weighted by molar-refractivity contribution is 7.07. The summed E-state index contributed by atoms with van der Waals surface area (Å²) in [5.74, 6) is 0. The number of thiazole rings is 1. The van der Waals surface area contributed by atoms with Gasteiger partial charge in [0, 0.05) is 40.8 Å². The maximum absolute atomic E-state index is 10.9. The van der Waals surface area contributed by atoms with E-state index in [0.29, 0.717) is 23.7 Å². The van der Waals surface area contributed by atoms with Gasteiger partial charge in [0.15, 0.2) is 0 Å². The van der Waals surface area contributed by atoms with Crippen LogP contribution in [0, 0.1) is 10.1 Å². The first kappa shape index (κ1) is 13.7. The van der Waals surface area contributed by atoms with Crippen molar-refractivity contribution in [3.05, 3.63) is 59.6 Å². The molecule has 0 saturated carbocycles. The molecule has 0 aliphatic carbocycles. The molecule has 2 rings (SSSR count). The van der Waals surface area contributed by atoms with E-state index >= 15 is 0 Å². The van der Waals surface area contributed by atoms with E-state index in [2.05, 4.69) is 10.3 Å². The highest BCUT2D eigenvalue weighted by atomic mass is 35.5. The summed E-state index contributed by atoms with van der Waals surface area (Å²) >= 11 is 6.81. The molecule has 1 aromatic heterocycles. The largest absolute Gasteiger partial charge is 0.315 e. The second-order valence-corrected chi connectivity index (χ2v) is 5.09. The molecule has 0 fully saturated rings. The summed E-state index contributed by atoms with van der Waals surface area (Å²) < 4.78 is 0. The summed E-state index contributed by atoms with van der Waals surface area (Å²) in [6.07, 6.45) is 0. The molecule has 0 saturated heterocycles. The van der Waals surface area contributed by atoms with E-state index in [1.54, 1.807) is 17.5 Å². The molecule has 2 N–H and O–H groups in total. The van der Waals surface area contributed by atoms with E-state index in [9.17, 15) is 14.9 Å². The molecule has 8 heteroatoms. The van der Waals surface area contributed by atoms with E-state index < -0.39 is 4.92 Å².